The highest BCUT2D eigenvalue weighted by Gasteiger charge is 2.23. The van der Waals surface area contributed by atoms with E-state index >= 15 is 0 Å². The van der Waals surface area contributed by atoms with Crippen LogP contribution >= 0.6 is 24.0 Å². The predicted molar refractivity (Wildman–Crippen MR) is 124 cm³/mol. The summed E-state index contributed by atoms with van der Waals surface area (Å²) in [4.78, 5) is 21.4. The minimum Gasteiger partial charge on any atom is -0.359 e. The van der Waals surface area contributed by atoms with Crippen LogP contribution in [-0.4, -0.2) is 74.5 Å². The van der Waals surface area contributed by atoms with Crippen LogP contribution in [0.1, 0.15) is 52.4 Å². The number of aliphatic imine (C=N–C) groups is 1. The number of nitrogens with zero attached hydrogens (tertiary/aromatic N) is 3. The molecular weight excluding hydrogens is 453 g/mol. The van der Waals surface area contributed by atoms with Crippen molar-refractivity contribution in [3.63, 3.8) is 0 Å². The highest BCUT2D eigenvalue weighted by Crippen LogP contribution is 2.20. The Balaban J connectivity index is 0.00000364. The first kappa shape index (κ1) is 24.5. The van der Waals surface area contributed by atoms with E-state index in [9.17, 15) is 4.79 Å². The van der Waals surface area contributed by atoms with E-state index in [1.54, 1.807) is 7.05 Å². The zero-order valence-electron chi connectivity index (χ0n) is 17.5. The molecule has 6 nitrogen and oxygen atoms in total. The summed E-state index contributed by atoms with van der Waals surface area (Å²) >= 11 is 0. The third-order valence-electron chi connectivity index (χ3n) is 5.64. The van der Waals surface area contributed by atoms with Crippen LogP contribution in [0.15, 0.2) is 4.99 Å². The number of carbonyl (C=O) groups excluding carboxylic acids is 1. The number of halogens is 1. The van der Waals surface area contributed by atoms with Gasteiger partial charge in [-0.05, 0) is 64.0 Å². The Labute approximate surface area is 182 Å². The molecular formula is C20H40IN5O. The van der Waals surface area contributed by atoms with Crippen LogP contribution in [0.3, 0.4) is 0 Å². The molecule has 7 heteroatoms. The van der Waals surface area contributed by atoms with Crippen molar-refractivity contribution >= 4 is 35.8 Å². The largest absolute Gasteiger partial charge is 0.359 e. The monoisotopic (exact) mass is 493 g/mol. The summed E-state index contributed by atoms with van der Waals surface area (Å²) in [7, 11) is 1.72. The van der Waals surface area contributed by atoms with Gasteiger partial charge in [-0.2, -0.15) is 0 Å². The van der Waals surface area contributed by atoms with Gasteiger partial charge in [-0.25, -0.2) is 0 Å². The van der Waals surface area contributed by atoms with Gasteiger partial charge < -0.3 is 20.4 Å². The summed E-state index contributed by atoms with van der Waals surface area (Å²) in [6.07, 6.45) is 6.67. The molecule has 0 saturated carbocycles. The molecule has 0 radical (unpaired) electrons. The van der Waals surface area contributed by atoms with Crippen molar-refractivity contribution in [3.8, 4) is 0 Å². The maximum atomic E-state index is 11.6. The van der Waals surface area contributed by atoms with Crippen LogP contribution < -0.4 is 10.6 Å². The molecule has 1 amide bonds. The van der Waals surface area contributed by atoms with Gasteiger partial charge in [0, 0.05) is 46.2 Å². The second-order valence-electron chi connectivity index (χ2n) is 7.94. The Morgan fingerprint density at radius 2 is 1.93 bits per heavy atom. The summed E-state index contributed by atoms with van der Waals surface area (Å²) < 4.78 is 0. The molecule has 0 bridgehead atoms. The van der Waals surface area contributed by atoms with Crippen LogP contribution in [0.25, 0.3) is 0 Å². The Kier molecular flexibility index (Phi) is 12.3. The second-order valence-corrected chi connectivity index (χ2v) is 7.94. The van der Waals surface area contributed by atoms with Gasteiger partial charge in [0.2, 0.25) is 5.91 Å². The Morgan fingerprint density at radius 1 is 1.19 bits per heavy atom. The van der Waals surface area contributed by atoms with Crippen molar-refractivity contribution in [2.45, 2.75) is 52.4 Å². The summed E-state index contributed by atoms with van der Waals surface area (Å²) in [5.41, 5.74) is 0. The lowest BCUT2D eigenvalue weighted by Crippen LogP contribution is -2.46. The third kappa shape index (κ3) is 8.98. The normalized spacial score (nSPS) is 22.3. The molecule has 158 valence electrons. The molecule has 1 atom stereocenters. The quantitative estimate of drug-likeness (QED) is 0.248. The van der Waals surface area contributed by atoms with Gasteiger partial charge in [0.15, 0.2) is 5.96 Å². The molecule has 2 rings (SSSR count). The summed E-state index contributed by atoms with van der Waals surface area (Å²) in [6.45, 7) is 12.0. The molecule has 0 spiro atoms. The third-order valence-corrected chi connectivity index (χ3v) is 5.64. The number of amides is 1. The van der Waals surface area contributed by atoms with Gasteiger partial charge >= 0.3 is 0 Å². The predicted octanol–water partition coefficient (Wildman–Crippen LogP) is 2.54. The van der Waals surface area contributed by atoms with Crippen molar-refractivity contribution in [1.82, 2.24) is 20.4 Å². The summed E-state index contributed by atoms with van der Waals surface area (Å²) in [5, 5.41) is 6.19. The summed E-state index contributed by atoms with van der Waals surface area (Å²) in [6, 6.07) is 0. The maximum absolute atomic E-state index is 11.6. The van der Waals surface area contributed by atoms with Gasteiger partial charge in [-0.15, -0.1) is 24.0 Å². The van der Waals surface area contributed by atoms with Crippen LogP contribution in [0.5, 0.6) is 0 Å². The number of hydrogen-bond donors (Lipinski definition) is 2. The van der Waals surface area contributed by atoms with E-state index in [2.05, 4.69) is 34.3 Å². The first-order valence-electron chi connectivity index (χ1n) is 10.6. The lowest BCUT2D eigenvalue weighted by atomic mass is 9.93. The van der Waals surface area contributed by atoms with Gasteiger partial charge in [-0.1, -0.05) is 6.92 Å². The number of likely N-dealkylation sites (tertiary alicyclic amines) is 2. The van der Waals surface area contributed by atoms with E-state index in [0.717, 1.165) is 57.3 Å². The van der Waals surface area contributed by atoms with Gasteiger partial charge in [0.25, 0.3) is 0 Å². The van der Waals surface area contributed by atoms with Crippen LogP contribution in [0.2, 0.25) is 0 Å². The molecule has 0 aromatic carbocycles. The number of rotatable bonds is 7. The molecule has 1 unspecified atom stereocenters. The number of guanidine groups is 1. The van der Waals surface area contributed by atoms with Crippen molar-refractivity contribution in [3.05, 3.63) is 0 Å². The average molecular weight is 493 g/mol. The van der Waals surface area contributed by atoms with Crippen LogP contribution in [0.4, 0.5) is 0 Å². The van der Waals surface area contributed by atoms with Crippen LogP contribution in [-0.2, 0) is 4.79 Å². The SMILES string of the molecule is CCNC(=NCCCN1CCCC(C)C1)N1CCC(CC(=O)NC)CC1.I. The molecule has 0 aromatic rings. The topological polar surface area (TPSA) is 60.0 Å². The number of carbonyl (C=O) groups is 1. The summed E-state index contributed by atoms with van der Waals surface area (Å²) in [5.74, 6) is 2.57. The zero-order valence-corrected chi connectivity index (χ0v) is 19.8. The molecule has 2 aliphatic rings. The minimum absolute atomic E-state index is 0. The van der Waals surface area contributed by atoms with E-state index in [-0.39, 0.29) is 29.9 Å². The van der Waals surface area contributed by atoms with Crippen molar-refractivity contribution in [1.29, 1.82) is 0 Å². The molecule has 2 aliphatic heterocycles. The average Bonchev–Trinajstić information content (AvgIpc) is 2.65. The number of piperidine rings is 2. The smallest absolute Gasteiger partial charge is 0.220 e. The zero-order chi connectivity index (χ0) is 18.8. The molecule has 0 aromatic heterocycles. The number of hydrogen-bond acceptors (Lipinski definition) is 3. The Morgan fingerprint density at radius 3 is 2.56 bits per heavy atom. The fourth-order valence-corrected chi connectivity index (χ4v) is 4.11. The lowest BCUT2D eigenvalue weighted by molar-refractivity contribution is -0.121. The Hall–Kier alpha value is -0.570. The van der Waals surface area contributed by atoms with E-state index < -0.39 is 0 Å². The fraction of sp³-hybridized carbons (Fsp3) is 0.900. The standard InChI is InChI=1S/C20H39N5O.HI/c1-4-22-20(23-10-6-12-24-11-5-7-17(2)16-24)25-13-8-18(9-14-25)15-19(26)21-3;/h17-18H,4-16H2,1-3H3,(H,21,26)(H,22,23);1H. The van der Waals surface area contributed by atoms with Crippen molar-refractivity contribution in [2.24, 2.45) is 16.8 Å². The van der Waals surface area contributed by atoms with E-state index in [0.29, 0.717) is 12.3 Å². The molecule has 2 fully saturated rings. The number of nitrogens with one attached hydrogen (secondary N) is 2. The minimum atomic E-state index is 0. The van der Waals surface area contributed by atoms with Crippen LogP contribution in [0, 0.1) is 11.8 Å². The second kappa shape index (κ2) is 13.6. The highest BCUT2D eigenvalue weighted by atomic mass is 127. The van der Waals surface area contributed by atoms with Gasteiger partial charge in [-0.3, -0.25) is 9.79 Å². The van der Waals surface area contributed by atoms with Gasteiger partial charge in [0.1, 0.15) is 0 Å². The lowest BCUT2D eigenvalue weighted by Gasteiger charge is -2.34. The van der Waals surface area contributed by atoms with Crippen molar-refractivity contribution < 1.29 is 4.79 Å². The molecule has 2 saturated heterocycles. The van der Waals surface area contributed by atoms with Gasteiger partial charge in [0.05, 0.1) is 0 Å². The van der Waals surface area contributed by atoms with E-state index in [1.165, 1.54) is 32.5 Å². The maximum Gasteiger partial charge on any atom is 0.220 e. The first-order chi connectivity index (χ1) is 12.6. The highest BCUT2D eigenvalue weighted by molar-refractivity contribution is 14.0. The fourth-order valence-electron chi connectivity index (χ4n) is 4.11. The van der Waals surface area contributed by atoms with E-state index in [4.69, 9.17) is 4.99 Å². The molecule has 2 heterocycles. The Bertz CT molecular complexity index is 452. The molecule has 0 aliphatic carbocycles. The molecule has 2 N–H and O–H groups in total. The van der Waals surface area contributed by atoms with Crippen molar-refractivity contribution in [2.75, 3.05) is 52.9 Å². The molecule has 27 heavy (non-hydrogen) atoms. The van der Waals surface area contributed by atoms with E-state index in [1.807, 2.05) is 0 Å². The first-order valence-corrected chi connectivity index (χ1v) is 10.6.